The molecule has 2 N–H and O–H groups in total. The van der Waals surface area contributed by atoms with Gasteiger partial charge in [0.2, 0.25) is 0 Å². The van der Waals surface area contributed by atoms with Crippen molar-refractivity contribution in [2.24, 2.45) is 0 Å². The van der Waals surface area contributed by atoms with Gasteiger partial charge in [0.25, 0.3) is 0 Å². The predicted octanol–water partition coefficient (Wildman–Crippen LogP) is 2.45. The molecule has 1 aromatic heterocycles. The average molecular weight is 261 g/mol. The fourth-order valence-corrected chi connectivity index (χ4v) is 1.86. The van der Waals surface area contributed by atoms with Gasteiger partial charge in [-0.05, 0) is 19.1 Å². The number of aromatic amines is 1. The van der Waals surface area contributed by atoms with Crippen molar-refractivity contribution in [2.45, 2.75) is 6.92 Å². The van der Waals surface area contributed by atoms with E-state index >= 15 is 0 Å². The van der Waals surface area contributed by atoms with Gasteiger partial charge in [-0.2, -0.15) is 5.10 Å². The van der Waals surface area contributed by atoms with Crippen molar-refractivity contribution in [1.82, 2.24) is 10.2 Å². The molecule has 1 heterocycles. The Morgan fingerprint density at radius 3 is 2.84 bits per heavy atom. The molecule has 102 valence electrons. The zero-order valence-electron chi connectivity index (χ0n) is 11.5. The first-order valence-corrected chi connectivity index (χ1v) is 6.18. The van der Waals surface area contributed by atoms with Gasteiger partial charge in [-0.25, -0.2) is 0 Å². The van der Waals surface area contributed by atoms with Crippen LogP contribution in [0.2, 0.25) is 0 Å². The van der Waals surface area contributed by atoms with E-state index in [4.69, 9.17) is 9.47 Å². The lowest BCUT2D eigenvalue weighted by Gasteiger charge is -2.07. The highest BCUT2D eigenvalue weighted by Gasteiger charge is 2.09. The standard InChI is InChI=1S/C14H19N3O2/c1-10-4-5-13(19-3)11(8-10)12-9-14(17-16-12)15-6-7-18-2/h4-5,8-9H,6-7H2,1-3H3,(H2,15,16,17). The molecule has 0 saturated carbocycles. The zero-order valence-corrected chi connectivity index (χ0v) is 11.5. The highest BCUT2D eigenvalue weighted by atomic mass is 16.5. The minimum absolute atomic E-state index is 0.649. The van der Waals surface area contributed by atoms with Crippen molar-refractivity contribution >= 4 is 5.82 Å². The number of hydrogen-bond acceptors (Lipinski definition) is 4. The van der Waals surface area contributed by atoms with Gasteiger partial charge in [0.05, 0.1) is 19.4 Å². The molecule has 0 aliphatic rings. The third kappa shape index (κ3) is 3.26. The van der Waals surface area contributed by atoms with Crippen LogP contribution in [0.4, 0.5) is 5.82 Å². The van der Waals surface area contributed by atoms with E-state index in [9.17, 15) is 0 Å². The van der Waals surface area contributed by atoms with Crippen LogP contribution in [0, 0.1) is 6.92 Å². The Labute approximate surface area is 112 Å². The molecule has 5 heteroatoms. The quantitative estimate of drug-likeness (QED) is 0.784. The minimum atomic E-state index is 0.649. The van der Waals surface area contributed by atoms with Gasteiger partial charge in [-0.3, -0.25) is 5.10 Å². The molecule has 19 heavy (non-hydrogen) atoms. The molecular weight excluding hydrogens is 242 g/mol. The number of aromatic nitrogens is 2. The fourth-order valence-electron chi connectivity index (χ4n) is 1.86. The Balaban J connectivity index is 2.20. The van der Waals surface area contributed by atoms with Gasteiger partial charge in [0, 0.05) is 25.3 Å². The predicted molar refractivity (Wildman–Crippen MR) is 75.7 cm³/mol. The Morgan fingerprint density at radius 2 is 2.11 bits per heavy atom. The molecule has 0 bridgehead atoms. The van der Waals surface area contributed by atoms with E-state index in [2.05, 4.69) is 28.5 Å². The van der Waals surface area contributed by atoms with Crippen LogP contribution in [-0.4, -0.2) is 37.6 Å². The Kier molecular flexibility index (Phi) is 4.41. The monoisotopic (exact) mass is 261 g/mol. The summed E-state index contributed by atoms with van der Waals surface area (Å²) in [6, 6.07) is 8.03. The highest BCUT2D eigenvalue weighted by Crippen LogP contribution is 2.30. The van der Waals surface area contributed by atoms with Gasteiger partial charge < -0.3 is 14.8 Å². The molecule has 2 aromatic rings. The van der Waals surface area contributed by atoms with Crippen LogP contribution in [0.25, 0.3) is 11.3 Å². The van der Waals surface area contributed by atoms with Gasteiger partial charge in [0.1, 0.15) is 11.6 Å². The van der Waals surface area contributed by atoms with Crippen molar-refractivity contribution in [3.8, 4) is 17.0 Å². The number of nitrogens with zero attached hydrogens (tertiary/aromatic N) is 1. The topological polar surface area (TPSA) is 59.2 Å². The van der Waals surface area contributed by atoms with Crippen LogP contribution in [0.1, 0.15) is 5.56 Å². The van der Waals surface area contributed by atoms with Crippen LogP contribution >= 0.6 is 0 Å². The molecule has 0 saturated heterocycles. The van der Waals surface area contributed by atoms with Gasteiger partial charge in [-0.15, -0.1) is 0 Å². The van der Waals surface area contributed by atoms with E-state index in [-0.39, 0.29) is 0 Å². The van der Waals surface area contributed by atoms with E-state index in [0.29, 0.717) is 6.61 Å². The normalized spacial score (nSPS) is 10.5. The van der Waals surface area contributed by atoms with Crippen molar-refractivity contribution in [1.29, 1.82) is 0 Å². The summed E-state index contributed by atoms with van der Waals surface area (Å²) in [6.45, 7) is 3.43. The highest BCUT2D eigenvalue weighted by molar-refractivity contribution is 5.70. The van der Waals surface area contributed by atoms with Gasteiger partial charge in [0.15, 0.2) is 0 Å². The van der Waals surface area contributed by atoms with Crippen molar-refractivity contribution in [3.05, 3.63) is 29.8 Å². The number of H-pyrrole nitrogens is 1. The molecule has 5 nitrogen and oxygen atoms in total. The van der Waals surface area contributed by atoms with Crippen LogP contribution in [0.5, 0.6) is 5.75 Å². The molecule has 0 unspecified atom stereocenters. The summed E-state index contributed by atoms with van der Waals surface area (Å²) < 4.78 is 10.4. The number of aryl methyl sites for hydroxylation is 1. The summed E-state index contributed by atoms with van der Waals surface area (Å²) in [7, 11) is 3.34. The Morgan fingerprint density at radius 1 is 1.26 bits per heavy atom. The van der Waals surface area contributed by atoms with E-state index in [1.807, 2.05) is 18.2 Å². The van der Waals surface area contributed by atoms with Crippen molar-refractivity contribution in [3.63, 3.8) is 0 Å². The maximum Gasteiger partial charge on any atom is 0.148 e. The lowest BCUT2D eigenvalue weighted by Crippen LogP contribution is -2.07. The molecule has 0 amide bonds. The third-order valence-electron chi connectivity index (χ3n) is 2.84. The Hall–Kier alpha value is -2.01. The summed E-state index contributed by atoms with van der Waals surface area (Å²) in [5.41, 5.74) is 3.12. The van der Waals surface area contributed by atoms with Crippen molar-refractivity contribution in [2.75, 3.05) is 32.7 Å². The maximum absolute atomic E-state index is 5.37. The maximum atomic E-state index is 5.37. The van der Waals surface area contributed by atoms with E-state index in [0.717, 1.165) is 29.4 Å². The molecule has 0 fully saturated rings. The zero-order chi connectivity index (χ0) is 13.7. The number of ether oxygens (including phenoxy) is 2. The van der Waals surface area contributed by atoms with Crippen molar-refractivity contribution < 1.29 is 9.47 Å². The molecular formula is C14H19N3O2. The molecule has 1 aromatic carbocycles. The second kappa shape index (κ2) is 6.24. The van der Waals surface area contributed by atoms with E-state index < -0.39 is 0 Å². The van der Waals surface area contributed by atoms with E-state index in [1.165, 1.54) is 5.56 Å². The van der Waals surface area contributed by atoms with E-state index in [1.54, 1.807) is 14.2 Å². The summed E-state index contributed by atoms with van der Waals surface area (Å²) in [5.74, 6) is 1.63. The third-order valence-corrected chi connectivity index (χ3v) is 2.84. The van der Waals surface area contributed by atoms with Crippen LogP contribution < -0.4 is 10.1 Å². The van der Waals surface area contributed by atoms with Crippen LogP contribution in [0.15, 0.2) is 24.3 Å². The number of nitrogens with one attached hydrogen (secondary N) is 2. The summed E-state index contributed by atoms with van der Waals surface area (Å²) in [4.78, 5) is 0. The first kappa shape index (κ1) is 13.4. The second-order valence-electron chi connectivity index (χ2n) is 4.29. The van der Waals surface area contributed by atoms with Gasteiger partial charge in [-0.1, -0.05) is 11.6 Å². The molecule has 2 rings (SSSR count). The number of anilines is 1. The van der Waals surface area contributed by atoms with Gasteiger partial charge >= 0.3 is 0 Å². The summed E-state index contributed by atoms with van der Waals surface area (Å²) in [5, 5.41) is 10.4. The largest absolute Gasteiger partial charge is 0.496 e. The molecule has 0 atom stereocenters. The lowest BCUT2D eigenvalue weighted by atomic mass is 10.1. The molecule has 0 radical (unpaired) electrons. The SMILES string of the molecule is COCCNc1cc(-c2cc(C)ccc2OC)[nH]n1. The lowest BCUT2D eigenvalue weighted by molar-refractivity contribution is 0.210. The van der Waals surface area contributed by atoms with Crippen LogP contribution in [-0.2, 0) is 4.74 Å². The first-order chi connectivity index (χ1) is 9.24. The second-order valence-corrected chi connectivity index (χ2v) is 4.29. The number of rotatable bonds is 6. The molecule has 0 spiro atoms. The number of hydrogen-bond donors (Lipinski definition) is 2. The molecule has 0 aliphatic carbocycles. The smallest absolute Gasteiger partial charge is 0.148 e. The summed E-state index contributed by atoms with van der Waals surface area (Å²) >= 11 is 0. The Bertz CT molecular complexity index is 537. The minimum Gasteiger partial charge on any atom is -0.496 e. The van der Waals surface area contributed by atoms with Crippen LogP contribution in [0.3, 0.4) is 0 Å². The number of benzene rings is 1. The summed E-state index contributed by atoms with van der Waals surface area (Å²) in [6.07, 6.45) is 0. The fraction of sp³-hybridized carbons (Fsp3) is 0.357. The average Bonchev–Trinajstić information content (AvgIpc) is 2.88. The number of methoxy groups -OCH3 is 2. The molecule has 0 aliphatic heterocycles. The first-order valence-electron chi connectivity index (χ1n) is 6.18.